The number of carbonyl (C=O) groups excluding carboxylic acids is 1. The van der Waals surface area contributed by atoms with E-state index in [1.807, 2.05) is 0 Å². The summed E-state index contributed by atoms with van der Waals surface area (Å²) in [4.78, 5) is 31.7. The van der Waals surface area contributed by atoms with Gasteiger partial charge in [0.15, 0.2) is 12.0 Å². The Kier molecular flexibility index (Phi) is 8.84. The fraction of sp³-hybridized carbons (Fsp3) is 0.727. The number of nitrogens with two attached hydrogens (primary N) is 2. The maximum Gasteiger partial charge on any atom is 0.434 e. The molecule has 0 spiro atoms. The lowest BCUT2D eigenvalue weighted by Gasteiger charge is -2.26. The van der Waals surface area contributed by atoms with Gasteiger partial charge in [-0.05, 0) is 26.7 Å². The third-order valence-electron chi connectivity index (χ3n) is 2.21. The number of amides is 1. The van der Waals surface area contributed by atoms with Crippen LogP contribution in [0.1, 0.15) is 26.7 Å². The van der Waals surface area contributed by atoms with Gasteiger partial charge in [-0.25, -0.2) is 9.59 Å². The number of aliphatic carboxylic acids is 1. The molecule has 0 rings (SSSR count). The number of ether oxygens (including phenoxy) is 1. The molecule has 0 aliphatic heterocycles. The fourth-order valence-corrected chi connectivity index (χ4v) is 1.43. The standard InChI is InChI=1S/C11H22N4O5/c1-3-19-11(18)15(20-4-2)8(9(16)17)6-5-7-14-10(12)13/h8H,3-7H2,1-2H3,(H,16,17)(H4,12,13,14)/t8-/m1/s1. The predicted molar refractivity (Wildman–Crippen MR) is 71.8 cm³/mol. The Hall–Kier alpha value is -2.03. The maximum atomic E-state index is 11.7. The summed E-state index contributed by atoms with van der Waals surface area (Å²) >= 11 is 0. The van der Waals surface area contributed by atoms with Crippen LogP contribution in [0.15, 0.2) is 4.99 Å². The Labute approximate surface area is 117 Å². The van der Waals surface area contributed by atoms with Crippen LogP contribution >= 0.6 is 0 Å². The number of nitrogens with zero attached hydrogens (tertiary/aromatic N) is 2. The van der Waals surface area contributed by atoms with Crippen LogP contribution in [0.3, 0.4) is 0 Å². The Morgan fingerprint density at radius 2 is 1.95 bits per heavy atom. The smallest absolute Gasteiger partial charge is 0.434 e. The van der Waals surface area contributed by atoms with Crippen molar-refractivity contribution >= 4 is 18.0 Å². The van der Waals surface area contributed by atoms with Gasteiger partial charge in [-0.1, -0.05) is 0 Å². The molecule has 1 atom stereocenters. The minimum atomic E-state index is -1.18. The molecule has 116 valence electrons. The van der Waals surface area contributed by atoms with Crippen molar-refractivity contribution in [2.45, 2.75) is 32.7 Å². The van der Waals surface area contributed by atoms with Crippen LogP contribution in [-0.2, 0) is 14.4 Å². The van der Waals surface area contributed by atoms with Gasteiger partial charge in [-0.2, -0.15) is 5.06 Å². The lowest BCUT2D eigenvalue weighted by molar-refractivity contribution is -0.181. The molecule has 0 radical (unpaired) electrons. The van der Waals surface area contributed by atoms with E-state index in [9.17, 15) is 14.7 Å². The van der Waals surface area contributed by atoms with Crippen molar-refractivity contribution in [2.75, 3.05) is 19.8 Å². The molecule has 0 saturated carbocycles. The molecule has 0 aromatic heterocycles. The van der Waals surface area contributed by atoms with Crippen molar-refractivity contribution < 1.29 is 24.3 Å². The summed E-state index contributed by atoms with van der Waals surface area (Å²) in [5.41, 5.74) is 10.3. The highest BCUT2D eigenvalue weighted by Crippen LogP contribution is 2.11. The van der Waals surface area contributed by atoms with Gasteiger partial charge in [0.05, 0.1) is 13.2 Å². The zero-order valence-electron chi connectivity index (χ0n) is 11.7. The summed E-state index contributed by atoms with van der Waals surface area (Å²) in [6, 6.07) is -1.15. The van der Waals surface area contributed by atoms with Gasteiger partial charge in [-0.15, -0.1) is 0 Å². The third kappa shape index (κ3) is 6.78. The van der Waals surface area contributed by atoms with E-state index in [1.165, 1.54) is 0 Å². The number of carboxylic acid groups (broad SMARTS) is 1. The van der Waals surface area contributed by atoms with Gasteiger partial charge in [0.1, 0.15) is 0 Å². The quantitative estimate of drug-likeness (QED) is 0.233. The number of guanidine groups is 1. The lowest BCUT2D eigenvalue weighted by atomic mass is 10.1. The number of rotatable bonds is 9. The summed E-state index contributed by atoms with van der Waals surface area (Å²) in [7, 11) is 0. The minimum Gasteiger partial charge on any atom is -0.480 e. The monoisotopic (exact) mass is 290 g/mol. The number of hydroxylamine groups is 2. The maximum absolute atomic E-state index is 11.7. The molecule has 5 N–H and O–H groups in total. The first-order chi connectivity index (χ1) is 9.43. The van der Waals surface area contributed by atoms with Gasteiger partial charge in [-0.3, -0.25) is 9.83 Å². The second kappa shape index (κ2) is 9.84. The number of aliphatic imine (C=N–C) groups is 1. The Morgan fingerprint density at radius 3 is 2.40 bits per heavy atom. The molecule has 0 aromatic carbocycles. The number of carbonyl (C=O) groups is 2. The van der Waals surface area contributed by atoms with E-state index in [0.29, 0.717) is 6.42 Å². The van der Waals surface area contributed by atoms with E-state index in [0.717, 1.165) is 5.06 Å². The molecule has 0 heterocycles. The van der Waals surface area contributed by atoms with Crippen LogP contribution in [0, 0.1) is 0 Å². The van der Waals surface area contributed by atoms with Crippen molar-refractivity contribution in [2.24, 2.45) is 16.5 Å². The highest BCUT2D eigenvalue weighted by Gasteiger charge is 2.31. The average molecular weight is 290 g/mol. The molecule has 0 unspecified atom stereocenters. The molecule has 0 aliphatic carbocycles. The number of hydrogen-bond donors (Lipinski definition) is 3. The largest absolute Gasteiger partial charge is 0.480 e. The molecule has 9 nitrogen and oxygen atoms in total. The zero-order valence-corrected chi connectivity index (χ0v) is 11.7. The van der Waals surface area contributed by atoms with Crippen LogP contribution in [-0.4, -0.2) is 54.0 Å². The van der Waals surface area contributed by atoms with Crippen molar-refractivity contribution in [1.82, 2.24) is 5.06 Å². The zero-order chi connectivity index (χ0) is 15.5. The van der Waals surface area contributed by atoms with E-state index < -0.39 is 18.1 Å². The number of carboxylic acids is 1. The molecular weight excluding hydrogens is 268 g/mol. The van der Waals surface area contributed by atoms with Gasteiger partial charge < -0.3 is 21.3 Å². The molecule has 20 heavy (non-hydrogen) atoms. The molecule has 0 saturated heterocycles. The van der Waals surface area contributed by atoms with Crippen LogP contribution in [0.4, 0.5) is 4.79 Å². The normalized spacial score (nSPS) is 11.5. The summed E-state index contributed by atoms with van der Waals surface area (Å²) in [5.74, 6) is -1.25. The Morgan fingerprint density at radius 1 is 1.30 bits per heavy atom. The first-order valence-corrected chi connectivity index (χ1v) is 6.31. The summed E-state index contributed by atoms with van der Waals surface area (Å²) in [6.07, 6.45) is -0.299. The highest BCUT2D eigenvalue weighted by atomic mass is 16.7. The van der Waals surface area contributed by atoms with Crippen LogP contribution < -0.4 is 11.5 Å². The predicted octanol–water partition coefficient (Wildman–Crippen LogP) is -0.0968. The van der Waals surface area contributed by atoms with E-state index in [2.05, 4.69) is 4.99 Å². The van der Waals surface area contributed by atoms with Gasteiger partial charge in [0.2, 0.25) is 0 Å². The van der Waals surface area contributed by atoms with Crippen molar-refractivity contribution in [1.29, 1.82) is 0 Å². The highest BCUT2D eigenvalue weighted by molar-refractivity contribution is 5.79. The Balaban J connectivity index is 4.68. The van der Waals surface area contributed by atoms with Gasteiger partial charge in [0, 0.05) is 6.54 Å². The third-order valence-corrected chi connectivity index (χ3v) is 2.21. The SMILES string of the molecule is CCOC(=O)N(OCC)[C@H](CCCN=C(N)N)C(=O)O. The molecule has 0 fully saturated rings. The lowest BCUT2D eigenvalue weighted by Crippen LogP contribution is -2.45. The summed E-state index contributed by atoms with van der Waals surface area (Å²) < 4.78 is 4.76. The second-order valence-electron chi connectivity index (χ2n) is 3.75. The summed E-state index contributed by atoms with van der Waals surface area (Å²) in [6.45, 7) is 3.81. The van der Waals surface area contributed by atoms with Crippen LogP contribution in [0.25, 0.3) is 0 Å². The minimum absolute atomic E-state index is 0.0658. The average Bonchev–Trinajstić information content (AvgIpc) is 2.36. The molecule has 1 amide bonds. The van der Waals surface area contributed by atoms with Crippen LogP contribution in [0.2, 0.25) is 0 Å². The van der Waals surface area contributed by atoms with E-state index in [-0.39, 0.29) is 32.1 Å². The van der Waals surface area contributed by atoms with E-state index in [4.69, 9.17) is 21.0 Å². The van der Waals surface area contributed by atoms with Crippen LogP contribution in [0.5, 0.6) is 0 Å². The van der Waals surface area contributed by atoms with Crippen molar-refractivity contribution in [3.05, 3.63) is 0 Å². The summed E-state index contributed by atoms with van der Waals surface area (Å²) in [5, 5.41) is 9.92. The Bertz CT molecular complexity index is 344. The van der Waals surface area contributed by atoms with E-state index in [1.54, 1.807) is 13.8 Å². The van der Waals surface area contributed by atoms with Crippen molar-refractivity contribution in [3.8, 4) is 0 Å². The number of hydrogen-bond acceptors (Lipinski definition) is 5. The molecular formula is C11H22N4O5. The second-order valence-corrected chi connectivity index (χ2v) is 3.75. The topological polar surface area (TPSA) is 140 Å². The molecule has 0 aliphatic rings. The first-order valence-electron chi connectivity index (χ1n) is 6.31. The fourth-order valence-electron chi connectivity index (χ4n) is 1.43. The van der Waals surface area contributed by atoms with Crippen molar-refractivity contribution in [3.63, 3.8) is 0 Å². The van der Waals surface area contributed by atoms with Gasteiger partial charge in [0.25, 0.3) is 0 Å². The van der Waals surface area contributed by atoms with E-state index >= 15 is 0 Å². The first kappa shape index (κ1) is 18.0. The molecule has 9 heteroatoms. The molecule has 0 aromatic rings. The van der Waals surface area contributed by atoms with Gasteiger partial charge >= 0.3 is 12.1 Å². The molecule has 0 bridgehead atoms.